The molecule has 2 aromatic rings. The van der Waals surface area contributed by atoms with Gasteiger partial charge in [-0.15, -0.1) is 24.0 Å². The van der Waals surface area contributed by atoms with E-state index in [-0.39, 0.29) is 35.3 Å². The van der Waals surface area contributed by atoms with Crippen molar-refractivity contribution in [3.63, 3.8) is 0 Å². The summed E-state index contributed by atoms with van der Waals surface area (Å²) in [5.41, 5.74) is 1.19. The average Bonchev–Trinajstić information content (AvgIpc) is 2.83. The van der Waals surface area contributed by atoms with Gasteiger partial charge in [-0.3, -0.25) is 9.79 Å². The summed E-state index contributed by atoms with van der Waals surface area (Å²) in [6, 6.07) is 12.2. The summed E-state index contributed by atoms with van der Waals surface area (Å²) in [4.78, 5) is 30.0. The van der Waals surface area contributed by atoms with Crippen LogP contribution in [0.1, 0.15) is 32.8 Å². The van der Waals surface area contributed by atoms with Gasteiger partial charge in [-0.2, -0.15) is 0 Å². The van der Waals surface area contributed by atoms with E-state index in [4.69, 9.17) is 4.99 Å². The van der Waals surface area contributed by atoms with E-state index in [1.807, 2.05) is 24.0 Å². The van der Waals surface area contributed by atoms with Crippen LogP contribution in [0.3, 0.4) is 0 Å². The molecule has 1 saturated heterocycles. The third kappa shape index (κ3) is 8.13. The molecule has 1 fully saturated rings. The topological polar surface area (TPSA) is 85.8 Å². The third-order valence-electron chi connectivity index (χ3n) is 5.63. The lowest BCUT2D eigenvalue weighted by Gasteiger charge is -2.34. The number of nitrogens with zero attached hydrogens (tertiary/aromatic N) is 5. The van der Waals surface area contributed by atoms with Gasteiger partial charge in [0.05, 0.1) is 6.54 Å². The zero-order chi connectivity index (χ0) is 22.8. The number of hydrogen-bond acceptors (Lipinski definition) is 5. The Balaban J connectivity index is 0.00000385. The minimum atomic E-state index is -0.0679. The zero-order valence-corrected chi connectivity index (χ0v) is 22.2. The molecule has 0 saturated carbocycles. The standard InChI is InChI=1S/C24H35N7O.HI/c1-4-25-22(29-19-24(2,3)20-9-6-5-7-10-20)26-14-11-21(32)30-15-17-31(18-16-30)23-27-12-8-13-28-23;/h5-10,12-13H,4,11,14-19H2,1-3H3,(H2,25,26,29);1H. The lowest BCUT2D eigenvalue weighted by Crippen LogP contribution is -2.50. The Morgan fingerprint density at radius 1 is 1.03 bits per heavy atom. The number of aromatic nitrogens is 2. The summed E-state index contributed by atoms with van der Waals surface area (Å²) >= 11 is 0. The van der Waals surface area contributed by atoms with Gasteiger partial charge in [0.2, 0.25) is 11.9 Å². The Labute approximate surface area is 214 Å². The Hall–Kier alpha value is -2.43. The van der Waals surface area contributed by atoms with Crippen molar-refractivity contribution >= 4 is 41.8 Å². The number of amides is 1. The van der Waals surface area contributed by atoms with Crippen LogP contribution in [-0.2, 0) is 10.2 Å². The maximum absolute atomic E-state index is 12.7. The van der Waals surface area contributed by atoms with Crippen LogP contribution >= 0.6 is 24.0 Å². The molecule has 8 nitrogen and oxygen atoms in total. The highest BCUT2D eigenvalue weighted by Crippen LogP contribution is 2.22. The minimum Gasteiger partial charge on any atom is -0.357 e. The lowest BCUT2D eigenvalue weighted by atomic mass is 9.85. The van der Waals surface area contributed by atoms with Crippen LogP contribution in [0.5, 0.6) is 0 Å². The molecular weight excluding hydrogens is 529 g/mol. The van der Waals surface area contributed by atoms with Gasteiger partial charge in [0, 0.05) is 63.5 Å². The number of rotatable bonds is 8. The van der Waals surface area contributed by atoms with Gasteiger partial charge >= 0.3 is 0 Å². The van der Waals surface area contributed by atoms with Crippen LogP contribution < -0.4 is 15.5 Å². The Morgan fingerprint density at radius 3 is 2.33 bits per heavy atom. The molecule has 0 radical (unpaired) electrons. The normalized spacial score (nSPS) is 14.5. The van der Waals surface area contributed by atoms with E-state index in [2.05, 4.69) is 63.6 Å². The quantitative estimate of drug-likeness (QED) is 0.291. The fourth-order valence-electron chi connectivity index (χ4n) is 3.66. The molecular formula is C24H36IN7O. The van der Waals surface area contributed by atoms with Gasteiger partial charge < -0.3 is 20.4 Å². The predicted molar refractivity (Wildman–Crippen MR) is 144 cm³/mol. The second-order valence-corrected chi connectivity index (χ2v) is 8.54. The van der Waals surface area contributed by atoms with E-state index < -0.39 is 0 Å². The van der Waals surface area contributed by atoms with Gasteiger partial charge in [0.1, 0.15) is 0 Å². The summed E-state index contributed by atoms with van der Waals surface area (Å²) in [5, 5.41) is 6.59. The number of anilines is 1. The molecule has 0 aliphatic carbocycles. The summed E-state index contributed by atoms with van der Waals surface area (Å²) in [5.74, 6) is 1.63. The number of carbonyl (C=O) groups is 1. The molecule has 1 aromatic heterocycles. The van der Waals surface area contributed by atoms with E-state index in [0.29, 0.717) is 32.6 Å². The van der Waals surface area contributed by atoms with Crippen LogP contribution in [-0.4, -0.2) is 72.5 Å². The zero-order valence-electron chi connectivity index (χ0n) is 19.8. The van der Waals surface area contributed by atoms with Crippen molar-refractivity contribution in [3.8, 4) is 0 Å². The highest BCUT2D eigenvalue weighted by Gasteiger charge is 2.22. The highest BCUT2D eigenvalue weighted by atomic mass is 127. The number of piperazine rings is 1. The van der Waals surface area contributed by atoms with Crippen LogP contribution in [0.4, 0.5) is 5.95 Å². The van der Waals surface area contributed by atoms with Crippen LogP contribution in [0.25, 0.3) is 0 Å². The molecule has 180 valence electrons. The van der Waals surface area contributed by atoms with Crippen molar-refractivity contribution in [2.75, 3.05) is 50.7 Å². The molecule has 0 unspecified atom stereocenters. The highest BCUT2D eigenvalue weighted by molar-refractivity contribution is 14.0. The molecule has 1 amide bonds. The largest absolute Gasteiger partial charge is 0.357 e. The van der Waals surface area contributed by atoms with Crippen molar-refractivity contribution in [1.29, 1.82) is 0 Å². The van der Waals surface area contributed by atoms with E-state index in [0.717, 1.165) is 31.5 Å². The van der Waals surface area contributed by atoms with Gasteiger partial charge in [-0.1, -0.05) is 44.2 Å². The monoisotopic (exact) mass is 565 g/mol. The van der Waals surface area contributed by atoms with Crippen molar-refractivity contribution < 1.29 is 4.79 Å². The number of carbonyl (C=O) groups excluding carboxylic acids is 1. The minimum absolute atomic E-state index is 0. The molecule has 2 N–H and O–H groups in total. The van der Waals surface area contributed by atoms with E-state index >= 15 is 0 Å². The van der Waals surface area contributed by atoms with Crippen molar-refractivity contribution in [3.05, 3.63) is 54.4 Å². The van der Waals surface area contributed by atoms with Gasteiger partial charge in [-0.25, -0.2) is 9.97 Å². The molecule has 3 rings (SSSR count). The summed E-state index contributed by atoms with van der Waals surface area (Å²) in [6.07, 6.45) is 3.93. The van der Waals surface area contributed by atoms with Crippen molar-refractivity contribution in [2.45, 2.75) is 32.6 Å². The van der Waals surface area contributed by atoms with Gasteiger partial charge in [-0.05, 0) is 18.6 Å². The fourth-order valence-corrected chi connectivity index (χ4v) is 3.66. The molecule has 1 aromatic carbocycles. The molecule has 9 heteroatoms. The number of halogens is 1. The van der Waals surface area contributed by atoms with E-state index in [1.54, 1.807) is 12.4 Å². The Bertz CT molecular complexity index is 869. The first-order valence-electron chi connectivity index (χ1n) is 11.4. The van der Waals surface area contributed by atoms with Crippen LogP contribution in [0.15, 0.2) is 53.8 Å². The number of nitrogens with one attached hydrogen (secondary N) is 2. The summed E-state index contributed by atoms with van der Waals surface area (Å²) in [7, 11) is 0. The average molecular weight is 566 g/mol. The Kier molecular flexibility index (Phi) is 10.8. The van der Waals surface area contributed by atoms with Gasteiger partial charge in [0.25, 0.3) is 0 Å². The molecule has 0 spiro atoms. The van der Waals surface area contributed by atoms with Crippen LogP contribution in [0.2, 0.25) is 0 Å². The maximum Gasteiger partial charge on any atom is 0.225 e. The molecule has 1 aliphatic rings. The van der Waals surface area contributed by atoms with E-state index in [9.17, 15) is 4.79 Å². The smallest absolute Gasteiger partial charge is 0.225 e. The fraction of sp³-hybridized carbons (Fsp3) is 0.500. The predicted octanol–water partition coefficient (Wildman–Crippen LogP) is 2.67. The van der Waals surface area contributed by atoms with Gasteiger partial charge in [0.15, 0.2) is 5.96 Å². The molecule has 33 heavy (non-hydrogen) atoms. The summed E-state index contributed by atoms with van der Waals surface area (Å²) < 4.78 is 0. The number of hydrogen-bond donors (Lipinski definition) is 2. The first-order valence-corrected chi connectivity index (χ1v) is 11.4. The number of benzene rings is 1. The van der Waals surface area contributed by atoms with Crippen LogP contribution in [0, 0.1) is 0 Å². The first kappa shape index (κ1) is 26.8. The second-order valence-electron chi connectivity index (χ2n) is 8.54. The van der Waals surface area contributed by atoms with Crippen molar-refractivity contribution in [2.24, 2.45) is 4.99 Å². The SMILES string of the molecule is CCNC(=NCC(C)(C)c1ccccc1)NCCC(=O)N1CCN(c2ncccn2)CC1.I. The second kappa shape index (κ2) is 13.3. The van der Waals surface area contributed by atoms with Crippen molar-refractivity contribution in [1.82, 2.24) is 25.5 Å². The first-order chi connectivity index (χ1) is 15.5. The Morgan fingerprint density at radius 2 is 1.70 bits per heavy atom. The summed E-state index contributed by atoms with van der Waals surface area (Å²) in [6.45, 7) is 11.3. The molecule has 1 aliphatic heterocycles. The van der Waals surface area contributed by atoms with E-state index in [1.165, 1.54) is 5.56 Å². The molecule has 0 bridgehead atoms. The molecule has 2 heterocycles. The molecule has 0 atom stereocenters. The number of aliphatic imine (C=N–C) groups is 1. The third-order valence-corrected chi connectivity index (χ3v) is 5.63. The maximum atomic E-state index is 12.7. The number of guanidine groups is 1. The lowest BCUT2D eigenvalue weighted by molar-refractivity contribution is -0.131.